The molecule has 2 N–H and O–H groups in total. The summed E-state index contributed by atoms with van der Waals surface area (Å²) in [6.45, 7) is 3.64. The minimum absolute atomic E-state index is 0.295. The molecule has 0 aliphatic heterocycles. The zero-order chi connectivity index (χ0) is 13.1. The Morgan fingerprint density at radius 1 is 1.37 bits per heavy atom. The van der Waals surface area contributed by atoms with E-state index in [1.807, 2.05) is 10.9 Å². The van der Waals surface area contributed by atoms with E-state index in [0.717, 1.165) is 29.8 Å². The van der Waals surface area contributed by atoms with E-state index >= 15 is 0 Å². The minimum Gasteiger partial charge on any atom is -0.344 e. The van der Waals surface area contributed by atoms with Crippen molar-refractivity contribution in [2.45, 2.75) is 26.1 Å². The van der Waals surface area contributed by atoms with Crippen LogP contribution in [0.15, 0.2) is 31.2 Å². The first kappa shape index (κ1) is 11.8. The molecule has 7 nitrogen and oxygen atoms in total. The molecule has 0 saturated carbocycles. The van der Waals surface area contributed by atoms with Crippen molar-refractivity contribution in [3.8, 4) is 0 Å². The molecule has 7 heteroatoms. The molecule has 0 fully saturated rings. The Kier molecular flexibility index (Phi) is 3.20. The third-order valence-electron chi connectivity index (χ3n) is 2.95. The fraction of sp³-hybridized carbons (Fsp3) is 0.333. The summed E-state index contributed by atoms with van der Waals surface area (Å²) in [5, 5.41) is 7.53. The normalized spacial score (nSPS) is 12.9. The third kappa shape index (κ3) is 2.60. The second-order valence-electron chi connectivity index (χ2n) is 4.47. The van der Waals surface area contributed by atoms with Gasteiger partial charge in [0.05, 0.1) is 6.54 Å². The van der Waals surface area contributed by atoms with Crippen molar-refractivity contribution in [3.05, 3.63) is 36.8 Å². The highest BCUT2D eigenvalue weighted by Crippen LogP contribution is 2.12. The third-order valence-corrected chi connectivity index (χ3v) is 2.95. The molecule has 19 heavy (non-hydrogen) atoms. The number of hydrogen-bond acceptors (Lipinski definition) is 5. The van der Waals surface area contributed by atoms with E-state index in [4.69, 9.17) is 0 Å². The number of aromatic amines is 1. The van der Waals surface area contributed by atoms with Crippen LogP contribution in [0, 0.1) is 0 Å². The highest BCUT2D eigenvalue weighted by Gasteiger charge is 2.07. The van der Waals surface area contributed by atoms with Crippen LogP contribution in [0.5, 0.6) is 0 Å². The monoisotopic (exact) mass is 257 g/mol. The van der Waals surface area contributed by atoms with Gasteiger partial charge in [-0.3, -0.25) is 9.67 Å². The van der Waals surface area contributed by atoms with Gasteiger partial charge in [0.2, 0.25) is 0 Å². The fourth-order valence-corrected chi connectivity index (χ4v) is 1.99. The number of nitrogens with zero attached hydrogens (tertiary/aromatic N) is 5. The topological polar surface area (TPSA) is 84.3 Å². The number of hydrogen-bond donors (Lipinski definition) is 2. The van der Waals surface area contributed by atoms with E-state index < -0.39 is 0 Å². The molecule has 0 aromatic carbocycles. The smallest absolute Gasteiger partial charge is 0.156 e. The Labute approximate surface area is 110 Å². The molecule has 1 unspecified atom stereocenters. The van der Waals surface area contributed by atoms with Gasteiger partial charge in [-0.25, -0.2) is 9.97 Å². The molecule has 3 aromatic rings. The molecule has 0 saturated heterocycles. The van der Waals surface area contributed by atoms with Crippen LogP contribution in [0.1, 0.15) is 12.5 Å². The van der Waals surface area contributed by atoms with Crippen LogP contribution in [0.3, 0.4) is 0 Å². The van der Waals surface area contributed by atoms with E-state index in [1.54, 1.807) is 25.0 Å². The predicted molar refractivity (Wildman–Crippen MR) is 70.2 cm³/mol. The summed E-state index contributed by atoms with van der Waals surface area (Å²) in [4.78, 5) is 15.6. The molecule has 0 amide bonds. The van der Waals surface area contributed by atoms with E-state index in [1.165, 1.54) is 0 Å². The fourth-order valence-electron chi connectivity index (χ4n) is 1.99. The molecule has 0 aliphatic carbocycles. The predicted octanol–water partition coefficient (Wildman–Crippen LogP) is 0.728. The molecule has 3 aromatic heterocycles. The molecule has 1 atom stereocenters. The van der Waals surface area contributed by atoms with Gasteiger partial charge in [-0.2, -0.15) is 5.10 Å². The van der Waals surface area contributed by atoms with Crippen molar-refractivity contribution in [2.75, 3.05) is 0 Å². The first-order valence-corrected chi connectivity index (χ1v) is 6.15. The summed E-state index contributed by atoms with van der Waals surface area (Å²) >= 11 is 0. The maximum atomic E-state index is 4.33. The molecule has 0 aliphatic rings. The van der Waals surface area contributed by atoms with Gasteiger partial charge in [0.15, 0.2) is 5.65 Å². The standard InChI is InChI=1S/C12H15N7/c1-9(6-19-8-13-7-18-19)16-4-10-5-17-12-11(10)14-2-3-15-12/h2-3,5,7-9,16H,4,6H2,1H3,(H,15,17). The second-order valence-corrected chi connectivity index (χ2v) is 4.47. The Balaban J connectivity index is 1.62. The number of aromatic nitrogens is 6. The van der Waals surface area contributed by atoms with Crippen molar-refractivity contribution < 1.29 is 0 Å². The molecule has 0 spiro atoms. The number of nitrogens with one attached hydrogen (secondary N) is 2. The van der Waals surface area contributed by atoms with E-state index in [2.05, 4.69) is 37.3 Å². The van der Waals surface area contributed by atoms with Crippen molar-refractivity contribution in [3.63, 3.8) is 0 Å². The maximum absolute atomic E-state index is 4.33. The van der Waals surface area contributed by atoms with Crippen molar-refractivity contribution in [1.82, 2.24) is 35.0 Å². The van der Waals surface area contributed by atoms with Gasteiger partial charge < -0.3 is 10.3 Å². The lowest BCUT2D eigenvalue weighted by Crippen LogP contribution is -2.30. The number of fused-ring (bicyclic) bond motifs is 1. The Hall–Kier alpha value is -2.28. The molecule has 3 heterocycles. The van der Waals surface area contributed by atoms with Gasteiger partial charge in [0.25, 0.3) is 0 Å². The highest BCUT2D eigenvalue weighted by atomic mass is 15.3. The lowest BCUT2D eigenvalue weighted by Gasteiger charge is -2.12. The minimum atomic E-state index is 0.295. The van der Waals surface area contributed by atoms with Crippen molar-refractivity contribution in [2.24, 2.45) is 0 Å². The zero-order valence-electron chi connectivity index (χ0n) is 10.6. The Morgan fingerprint density at radius 2 is 2.26 bits per heavy atom. The Morgan fingerprint density at radius 3 is 3.11 bits per heavy atom. The average molecular weight is 257 g/mol. The van der Waals surface area contributed by atoms with Crippen LogP contribution in [0.2, 0.25) is 0 Å². The van der Waals surface area contributed by atoms with Gasteiger partial charge in [0, 0.05) is 36.7 Å². The SMILES string of the molecule is CC(Cn1cncn1)NCc1c[nH]c2nccnc12. The summed E-state index contributed by atoms with van der Waals surface area (Å²) in [5.41, 5.74) is 2.86. The van der Waals surface area contributed by atoms with Crippen LogP contribution in [-0.4, -0.2) is 35.8 Å². The summed E-state index contributed by atoms with van der Waals surface area (Å²) in [6, 6.07) is 0.295. The average Bonchev–Trinajstić information content (AvgIpc) is 3.05. The quantitative estimate of drug-likeness (QED) is 0.704. The van der Waals surface area contributed by atoms with Gasteiger partial charge in [-0.1, -0.05) is 0 Å². The first-order chi connectivity index (χ1) is 9.33. The van der Waals surface area contributed by atoms with E-state index in [9.17, 15) is 0 Å². The summed E-state index contributed by atoms with van der Waals surface area (Å²) in [7, 11) is 0. The molecule has 98 valence electrons. The van der Waals surface area contributed by atoms with Gasteiger partial charge in [-0.05, 0) is 6.92 Å². The van der Waals surface area contributed by atoms with Crippen molar-refractivity contribution >= 4 is 11.2 Å². The molecule has 0 radical (unpaired) electrons. The van der Waals surface area contributed by atoms with Crippen molar-refractivity contribution in [1.29, 1.82) is 0 Å². The molecular weight excluding hydrogens is 242 g/mol. The molecule has 3 rings (SSSR count). The van der Waals surface area contributed by atoms with Gasteiger partial charge >= 0.3 is 0 Å². The highest BCUT2D eigenvalue weighted by molar-refractivity contribution is 5.74. The van der Waals surface area contributed by atoms with Crippen LogP contribution >= 0.6 is 0 Å². The molecule has 0 bridgehead atoms. The Bertz CT molecular complexity index is 643. The zero-order valence-corrected chi connectivity index (χ0v) is 10.6. The van der Waals surface area contributed by atoms with Gasteiger partial charge in [0.1, 0.15) is 18.2 Å². The number of rotatable bonds is 5. The van der Waals surface area contributed by atoms with Crippen LogP contribution in [-0.2, 0) is 13.1 Å². The second kappa shape index (κ2) is 5.15. The largest absolute Gasteiger partial charge is 0.344 e. The van der Waals surface area contributed by atoms with E-state index in [0.29, 0.717) is 6.04 Å². The summed E-state index contributed by atoms with van der Waals surface area (Å²) in [5.74, 6) is 0. The summed E-state index contributed by atoms with van der Waals surface area (Å²) in [6.07, 6.45) is 8.60. The van der Waals surface area contributed by atoms with E-state index in [-0.39, 0.29) is 0 Å². The van der Waals surface area contributed by atoms with Gasteiger partial charge in [-0.15, -0.1) is 0 Å². The first-order valence-electron chi connectivity index (χ1n) is 6.15. The van der Waals surface area contributed by atoms with Crippen LogP contribution < -0.4 is 5.32 Å². The maximum Gasteiger partial charge on any atom is 0.156 e. The van der Waals surface area contributed by atoms with Crippen LogP contribution in [0.4, 0.5) is 0 Å². The molecular formula is C12H15N7. The lowest BCUT2D eigenvalue weighted by molar-refractivity contribution is 0.450. The number of H-pyrrole nitrogens is 1. The summed E-state index contributed by atoms with van der Waals surface area (Å²) < 4.78 is 1.81. The lowest BCUT2D eigenvalue weighted by atomic mass is 10.2. The van der Waals surface area contributed by atoms with Crippen LogP contribution in [0.25, 0.3) is 11.2 Å².